The molecule has 0 aliphatic carbocycles. The van der Waals surface area contributed by atoms with Crippen molar-refractivity contribution in [3.8, 4) is 0 Å². The number of nitrogens with one attached hydrogen (secondary N) is 1. The second kappa shape index (κ2) is 8.29. The van der Waals surface area contributed by atoms with E-state index in [-0.39, 0.29) is 12.0 Å². The molecule has 3 heterocycles. The Bertz CT molecular complexity index is 602. The van der Waals surface area contributed by atoms with E-state index < -0.39 is 0 Å². The van der Waals surface area contributed by atoms with Crippen LogP contribution in [0.5, 0.6) is 0 Å². The Labute approximate surface area is 149 Å². The standard InChI is InChI=1S/C18H27N5O2/c1-14-5-6-15(12-20-14)13-21-18(19-2)23-9-7-22(8-10-23)17(24)16-4-3-11-25-16/h5-6,12,16H,3-4,7-11,13H2,1-2H3,(H,19,21). The van der Waals surface area contributed by atoms with E-state index in [0.29, 0.717) is 26.2 Å². The zero-order valence-corrected chi connectivity index (χ0v) is 15.1. The van der Waals surface area contributed by atoms with Crippen molar-refractivity contribution in [2.45, 2.75) is 32.4 Å². The molecule has 0 spiro atoms. The molecule has 3 rings (SSSR count). The lowest BCUT2D eigenvalue weighted by Gasteiger charge is -2.37. The molecule has 136 valence electrons. The molecule has 0 saturated carbocycles. The lowest BCUT2D eigenvalue weighted by Crippen LogP contribution is -2.55. The smallest absolute Gasteiger partial charge is 0.251 e. The van der Waals surface area contributed by atoms with Gasteiger partial charge in [0, 0.05) is 58.3 Å². The first kappa shape index (κ1) is 17.7. The number of hydrogen-bond acceptors (Lipinski definition) is 4. The Kier molecular flexibility index (Phi) is 5.86. The number of guanidine groups is 1. The summed E-state index contributed by atoms with van der Waals surface area (Å²) in [6.07, 6.45) is 3.50. The lowest BCUT2D eigenvalue weighted by atomic mass is 10.2. The Balaban J connectivity index is 1.48. The number of pyridine rings is 1. The van der Waals surface area contributed by atoms with Crippen molar-refractivity contribution in [3.05, 3.63) is 29.6 Å². The Morgan fingerprint density at radius 2 is 2.08 bits per heavy atom. The molecule has 2 fully saturated rings. The Morgan fingerprint density at radius 3 is 2.68 bits per heavy atom. The first-order valence-electron chi connectivity index (χ1n) is 8.95. The van der Waals surface area contributed by atoms with Crippen molar-refractivity contribution in [1.82, 2.24) is 20.1 Å². The fraction of sp³-hybridized carbons (Fsp3) is 0.611. The van der Waals surface area contributed by atoms with Gasteiger partial charge in [-0.25, -0.2) is 0 Å². The van der Waals surface area contributed by atoms with Crippen molar-refractivity contribution >= 4 is 11.9 Å². The highest BCUT2D eigenvalue weighted by Gasteiger charge is 2.30. The lowest BCUT2D eigenvalue weighted by molar-refractivity contribution is -0.142. The van der Waals surface area contributed by atoms with Crippen molar-refractivity contribution in [2.24, 2.45) is 4.99 Å². The second-order valence-electron chi connectivity index (χ2n) is 6.52. The molecule has 2 saturated heterocycles. The van der Waals surface area contributed by atoms with Crippen LogP contribution >= 0.6 is 0 Å². The van der Waals surface area contributed by atoms with Crippen LogP contribution in [0.2, 0.25) is 0 Å². The number of ether oxygens (including phenoxy) is 1. The minimum Gasteiger partial charge on any atom is -0.368 e. The Hall–Kier alpha value is -2.15. The third-order valence-electron chi connectivity index (χ3n) is 4.73. The molecular weight excluding hydrogens is 318 g/mol. The van der Waals surface area contributed by atoms with Crippen LogP contribution in [0, 0.1) is 6.92 Å². The van der Waals surface area contributed by atoms with E-state index in [1.54, 1.807) is 7.05 Å². The highest BCUT2D eigenvalue weighted by molar-refractivity contribution is 5.82. The van der Waals surface area contributed by atoms with E-state index in [1.807, 2.05) is 24.1 Å². The molecule has 1 unspecified atom stereocenters. The summed E-state index contributed by atoms with van der Waals surface area (Å²) in [6.45, 7) is 6.37. The van der Waals surface area contributed by atoms with Crippen LogP contribution in [0.3, 0.4) is 0 Å². The maximum Gasteiger partial charge on any atom is 0.251 e. The number of carbonyl (C=O) groups excluding carboxylic acids is 1. The van der Waals surface area contributed by atoms with Crippen LogP contribution in [0.25, 0.3) is 0 Å². The number of aromatic nitrogens is 1. The van der Waals surface area contributed by atoms with Crippen molar-refractivity contribution < 1.29 is 9.53 Å². The summed E-state index contributed by atoms with van der Waals surface area (Å²) >= 11 is 0. The topological polar surface area (TPSA) is 70.1 Å². The fourth-order valence-electron chi connectivity index (χ4n) is 3.23. The molecule has 7 heteroatoms. The second-order valence-corrected chi connectivity index (χ2v) is 6.52. The third kappa shape index (κ3) is 4.48. The Morgan fingerprint density at radius 1 is 1.32 bits per heavy atom. The molecule has 1 atom stereocenters. The van der Waals surface area contributed by atoms with Gasteiger partial charge in [0.25, 0.3) is 5.91 Å². The van der Waals surface area contributed by atoms with E-state index in [4.69, 9.17) is 4.74 Å². The summed E-state index contributed by atoms with van der Waals surface area (Å²) in [6, 6.07) is 4.08. The molecule has 1 aromatic heterocycles. The summed E-state index contributed by atoms with van der Waals surface area (Å²) in [5.41, 5.74) is 2.14. The van der Waals surface area contributed by atoms with E-state index in [0.717, 1.165) is 43.1 Å². The molecule has 1 N–H and O–H groups in total. The summed E-state index contributed by atoms with van der Waals surface area (Å²) in [7, 11) is 1.79. The molecule has 0 radical (unpaired) electrons. The molecule has 2 aliphatic heterocycles. The van der Waals surface area contributed by atoms with Gasteiger partial charge in [-0.3, -0.25) is 14.8 Å². The number of piperazine rings is 1. The summed E-state index contributed by atoms with van der Waals surface area (Å²) in [5, 5.41) is 3.38. The number of nitrogens with zero attached hydrogens (tertiary/aromatic N) is 4. The van der Waals surface area contributed by atoms with Gasteiger partial charge in [0.15, 0.2) is 5.96 Å². The zero-order chi connectivity index (χ0) is 17.6. The first-order valence-corrected chi connectivity index (χ1v) is 8.95. The van der Waals surface area contributed by atoms with Crippen LogP contribution in [0.4, 0.5) is 0 Å². The molecule has 0 aromatic carbocycles. The minimum absolute atomic E-state index is 0.144. The van der Waals surface area contributed by atoms with Gasteiger partial charge in [0.1, 0.15) is 6.10 Å². The molecule has 2 aliphatic rings. The number of carbonyl (C=O) groups is 1. The van der Waals surface area contributed by atoms with Gasteiger partial charge in [-0.1, -0.05) is 6.07 Å². The van der Waals surface area contributed by atoms with Gasteiger partial charge in [0.2, 0.25) is 0 Å². The summed E-state index contributed by atoms with van der Waals surface area (Å²) in [4.78, 5) is 25.2. The quantitative estimate of drug-likeness (QED) is 0.648. The third-order valence-corrected chi connectivity index (χ3v) is 4.73. The SMILES string of the molecule is CN=C(NCc1ccc(C)nc1)N1CCN(C(=O)C2CCCO2)CC1. The highest BCUT2D eigenvalue weighted by Crippen LogP contribution is 2.16. The van der Waals surface area contributed by atoms with Crippen molar-refractivity contribution in [2.75, 3.05) is 39.8 Å². The first-order chi connectivity index (χ1) is 12.2. The monoisotopic (exact) mass is 345 g/mol. The molecule has 7 nitrogen and oxygen atoms in total. The number of amides is 1. The minimum atomic E-state index is -0.224. The molecule has 1 amide bonds. The maximum atomic E-state index is 12.4. The van der Waals surface area contributed by atoms with Gasteiger partial charge in [-0.05, 0) is 31.4 Å². The predicted octanol–water partition coefficient (Wildman–Crippen LogP) is 0.789. The zero-order valence-electron chi connectivity index (χ0n) is 15.1. The van der Waals surface area contributed by atoms with E-state index in [2.05, 4.69) is 26.3 Å². The molecule has 25 heavy (non-hydrogen) atoms. The van der Waals surface area contributed by atoms with E-state index in [9.17, 15) is 4.79 Å². The molecule has 0 bridgehead atoms. The molecular formula is C18H27N5O2. The average Bonchev–Trinajstić information content (AvgIpc) is 3.18. The van der Waals surface area contributed by atoms with Gasteiger partial charge >= 0.3 is 0 Å². The predicted molar refractivity (Wildman–Crippen MR) is 96.3 cm³/mol. The van der Waals surface area contributed by atoms with Crippen LogP contribution in [0.1, 0.15) is 24.1 Å². The number of hydrogen-bond donors (Lipinski definition) is 1. The maximum absolute atomic E-state index is 12.4. The number of aliphatic imine (C=N–C) groups is 1. The van der Waals surface area contributed by atoms with Crippen LogP contribution in [-0.2, 0) is 16.1 Å². The summed E-state index contributed by atoms with van der Waals surface area (Å²) < 4.78 is 5.51. The largest absolute Gasteiger partial charge is 0.368 e. The van der Waals surface area contributed by atoms with Crippen molar-refractivity contribution in [3.63, 3.8) is 0 Å². The van der Waals surface area contributed by atoms with Crippen molar-refractivity contribution in [1.29, 1.82) is 0 Å². The van der Waals surface area contributed by atoms with E-state index in [1.165, 1.54) is 0 Å². The van der Waals surface area contributed by atoms with Gasteiger partial charge in [-0.2, -0.15) is 0 Å². The van der Waals surface area contributed by atoms with Gasteiger partial charge < -0.3 is 19.9 Å². The van der Waals surface area contributed by atoms with Crippen LogP contribution in [0.15, 0.2) is 23.3 Å². The van der Waals surface area contributed by atoms with E-state index >= 15 is 0 Å². The molecule has 1 aromatic rings. The number of rotatable bonds is 3. The van der Waals surface area contributed by atoms with Crippen LogP contribution in [-0.4, -0.2) is 72.6 Å². The summed E-state index contributed by atoms with van der Waals surface area (Å²) in [5.74, 6) is 1.01. The van der Waals surface area contributed by atoms with Gasteiger partial charge in [0.05, 0.1) is 0 Å². The fourth-order valence-corrected chi connectivity index (χ4v) is 3.23. The number of aryl methyl sites for hydroxylation is 1. The highest BCUT2D eigenvalue weighted by atomic mass is 16.5. The normalized spacial score (nSPS) is 21.5. The average molecular weight is 345 g/mol. The van der Waals surface area contributed by atoms with Crippen LogP contribution < -0.4 is 5.32 Å². The van der Waals surface area contributed by atoms with Gasteiger partial charge in [-0.15, -0.1) is 0 Å².